The van der Waals surface area contributed by atoms with Gasteiger partial charge < -0.3 is 29.7 Å². The Balaban J connectivity index is 1.92. The lowest BCUT2D eigenvalue weighted by Crippen LogP contribution is -2.48. The maximum absolute atomic E-state index is 14.3. The van der Waals surface area contributed by atoms with E-state index < -0.39 is 22.2 Å². The molecule has 13 heteroatoms. The standard InChI is InChI=1S/C34H51ClN4O7S/c1-24-21-39(25(2)23-40)34(42)30-20-28(36-33(41)11-9-18-37(4)5)14-17-31(30)46-26(3)10-7-8-19-45-32(24)22-38(6)47(43,44)29-15-12-27(35)13-16-29/h12-17,20,24-26,32,40H,7-11,18-19,21-23H2,1-6H3,(H,36,41)/t24-,25+,26-,32+/m1/s1. The average Bonchev–Trinajstić information content (AvgIpc) is 3.02. The van der Waals surface area contributed by atoms with Gasteiger partial charge in [-0.05, 0) is 103 Å². The highest BCUT2D eigenvalue weighted by Gasteiger charge is 2.32. The number of hydrogen-bond acceptors (Lipinski definition) is 8. The first-order valence-corrected chi connectivity index (χ1v) is 18.0. The Morgan fingerprint density at radius 3 is 2.49 bits per heavy atom. The zero-order valence-corrected chi connectivity index (χ0v) is 30.0. The molecule has 11 nitrogen and oxygen atoms in total. The van der Waals surface area contributed by atoms with E-state index >= 15 is 0 Å². The third kappa shape index (κ3) is 11.4. The summed E-state index contributed by atoms with van der Waals surface area (Å²) in [6.07, 6.45) is 2.54. The van der Waals surface area contributed by atoms with E-state index in [0.29, 0.717) is 42.3 Å². The quantitative estimate of drug-likeness (QED) is 0.346. The van der Waals surface area contributed by atoms with Crippen LogP contribution in [0.2, 0.25) is 5.02 Å². The Kier molecular flexibility index (Phi) is 14.9. The number of ether oxygens (including phenoxy) is 2. The summed E-state index contributed by atoms with van der Waals surface area (Å²) in [4.78, 5) is 30.7. The van der Waals surface area contributed by atoms with Crippen molar-refractivity contribution in [2.45, 2.75) is 76.0 Å². The number of rotatable bonds is 11. The summed E-state index contributed by atoms with van der Waals surface area (Å²) in [6.45, 7) is 6.74. The summed E-state index contributed by atoms with van der Waals surface area (Å²) in [5.41, 5.74) is 0.747. The monoisotopic (exact) mass is 694 g/mol. The Bertz CT molecular complexity index is 1420. The van der Waals surface area contributed by atoms with Gasteiger partial charge in [0.15, 0.2) is 0 Å². The number of benzene rings is 2. The molecule has 1 aliphatic heterocycles. The van der Waals surface area contributed by atoms with Crippen LogP contribution in [0.5, 0.6) is 5.75 Å². The molecule has 0 spiro atoms. The van der Waals surface area contributed by atoms with Crippen LogP contribution in [0, 0.1) is 5.92 Å². The molecule has 262 valence electrons. The van der Waals surface area contributed by atoms with Gasteiger partial charge in [0.2, 0.25) is 15.9 Å². The van der Waals surface area contributed by atoms with Crippen LogP contribution < -0.4 is 10.1 Å². The smallest absolute Gasteiger partial charge is 0.258 e. The fourth-order valence-electron chi connectivity index (χ4n) is 5.38. The van der Waals surface area contributed by atoms with Crippen LogP contribution in [0.4, 0.5) is 5.69 Å². The van der Waals surface area contributed by atoms with E-state index in [1.54, 1.807) is 30.0 Å². The SMILES string of the molecule is C[C@@H]1CCCCO[C@@H](CN(C)S(=O)(=O)c2ccc(Cl)cc2)[C@H](C)CN([C@@H](C)CO)C(=O)c2cc(NC(=O)CCCN(C)C)ccc2O1. The molecule has 47 heavy (non-hydrogen) atoms. The predicted octanol–water partition coefficient (Wildman–Crippen LogP) is 4.74. The van der Waals surface area contributed by atoms with Crippen LogP contribution in [0.1, 0.15) is 63.2 Å². The lowest BCUT2D eigenvalue weighted by Gasteiger charge is -2.35. The molecule has 1 aliphatic rings. The molecule has 4 atom stereocenters. The van der Waals surface area contributed by atoms with Crippen molar-refractivity contribution in [1.29, 1.82) is 0 Å². The molecular weight excluding hydrogens is 644 g/mol. The van der Waals surface area contributed by atoms with E-state index in [9.17, 15) is 23.1 Å². The number of anilines is 1. The molecular formula is C34H51ClN4O7S. The summed E-state index contributed by atoms with van der Waals surface area (Å²) in [6, 6.07) is 10.5. The van der Waals surface area contributed by atoms with Crippen LogP contribution in [0.25, 0.3) is 0 Å². The minimum Gasteiger partial charge on any atom is -0.490 e. The number of aliphatic hydroxyl groups excluding tert-OH is 1. The van der Waals surface area contributed by atoms with E-state index in [4.69, 9.17) is 21.1 Å². The van der Waals surface area contributed by atoms with Gasteiger partial charge >= 0.3 is 0 Å². The number of likely N-dealkylation sites (N-methyl/N-ethyl adjacent to an activating group) is 1. The van der Waals surface area contributed by atoms with Gasteiger partial charge in [-0.25, -0.2) is 8.42 Å². The van der Waals surface area contributed by atoms with Crippen molar-refractivity contribution in [2.75, 3.05) is 59.3 Å². The Labute approximate surface area is 285 Å². The third-order valence-corrected chi connectivity index (χ3v) is 10.4. The first-order valence-electron chi connectivity index (χ1n) is 16.2. The summed E-state index contributed by atoms with van der Waals surface area (Å²) in [7, 11) is 1.58. The first-order chi connectivity index (χ1) is 22.2. The summed E-state index contributed by atoms with van der Waals surface area (Å²) >= 11 is 5.98. The molecule has 0 radical (unpaired) electrons. The van der Waals surface area contributed by atoms with Crippen molar-refractivity contribution < 1.29 is 32.6 Å². The molecule has 0 fully saturated rings. The molecule has 0 unspecified atom stereocenters. The molecule has 0 bridgehead atoms. The van der Waals surface area contributed by atoms with Gasteiger partial charge in [0.05, 0.1) is 35.3 Å². The minimum absolute atomic E-state index is 0.0573. The number of halogens is 1. The average molecular weight is 695 g/mol. The number of sulfonamides is 1. The summed E-state index contributed by atoms with van der Waals surface area (Å²) < 4.78 is 40.7. The van der Waals surface area contributed by atoms with E-state index in [2.05, 4.69) is 5.32 Å². The number of aliphatic hydroxyl groups is 1. The Morgan fingerprint density at radius 2 is 1.83 bits per heavy atom. The molecule has 3 rings (SSSR count). The maximum Gasteiger partial charge on any atom is 0.258 e. The van der Waals surface area contributed by atoms with Gasteiger partial charge in [0, 0.05) is 49.8 Å². The molecule has 2 N–H and O–H groups in total. The highest BCUT2D eigenvalue weighted by Crippen LogP contribution is 2.29. The summed E-state index contributed by atoms with van der Waals surface area (Å²) in [5.74, 6) is -0.445. The fourth-order valence-corrected chi connectivity index (χ4v) is 6.69. The molecule has 2 aromatic rings. The third-order valence-electron chi connectivity index (χ3n) is 8.30. The van der Waals surface area contributed by atoms with Crippen molar-refractivity contribution in [3.05, 3.63) is 53.1 Å². The number of carbonyl (C=O) groups is 2. The van der Waals surface area contributed by atoms with Crippen molar-refractivity contribution >= 4 is 39.1 Å². The topological polar surface area (TPSA) is 129 Å². The van der Waals surface area contributed by atoms with Crippen molar-refractivity contribution in [3.63, 3.8) is 0 Å². The normalized spacial score (nSPS) is 20.8. The van der Waals surface area contributed by atoms with Crippen LogP contribution in [-0.4, -0.2) is 112 Å². The second-order valence-electron chi connectivity index (χ2n) is 12.7. The van der Waals surface area contributed by atoms with Crippen LogP contribution in [-0.2, 0) is 19.6 Å². The van der Waals surface area contributed by atoms with Gasteiger partial charge in [-0.3, -0.25) is 9.59 Å². The highest BCUT2D eigenvalue weighted by atomic mass is 35.5. The number of hydrogen-bond donors (Lipinski definition) is 2. The number of nitrogens with one attached hydrogen (secondary N) is 1. The van der Waals surface area contributed by atoms with Crippen LogP contribution >= 0.6 is 11.6 Å². The van der Waals surface area contributed by atoms with Gasteiger partial charge in [-0.15, -0.1) is 0 Å². The van der Waals surface area contributed by atoms with Crippen LogP contribution in [0.3, 0.4) is 0 Å². The number of amides is 2. The van der Waals surface area contributed by atoms with E-state index in [-0.39, 0.29) is 54.0 Å². The molecule has 0 saturated heterocycles. The molecule has 2 amide bonds. The second-order valence-corrected chi connectivity index (χ2v) is 15.2. The predicted molar refractivity (Wildman–Crippen MR) is 185 cm³/mol. The molecule has 0 saturated carbocycles. The number of carbonyl (C=O) groups excluding carboxylic acids is 2. The van der Waals surface area contributed by atoms with Gasteiger partial charge in [-0.2, -0.15) is 4.31 Å². The zero-order chi connectivity index (χ0) is 34.7. The van der Waals surface area contributed by atoms with E-state index in [0.717, 1.165) is 19.4 Å². The van der Waals surface area contributed by atoms with Gasteiger partial charge in [0.1, 0.15) is 5.75 Å². The lowest BCUT2D eigenvalue weighted by atomic mass is 10.0. The fraction of sp³-hybridized carbons (Fsp3) is 0.588. The Morgan fingerprint density at radius 1 is 1.13 bits per heavy atom. The highest BCUT2D eigenvalue weighted by molar-refractivity contribution is 7.89. The molecule has 2 aromatic carbocycles. The van der Waals surface area contributed by atoms with E-state index in [1.807, 2.05) is 32.8 Å². The summed E-state index contributed by atoms with van der Waals surface area (Å²) in [5, 5.41) is 13.5. The van der Waals surface area contributed by atoms with Crippen molar-refractivity contribution in [2.24, 2.45) is 5.92 Å². The molecule has 0 aliphatic carbocycles. The van der Waals surface area contributed by atoms with Crippen molar-refractivity contribution in [1.82, 2.24) is 14.1 Å². The zero-order valence-electron chi connectivity index (χ0n) is 28.4. The first kappa shape index (κ1) is 38.7. The Hall–Kier alpha value is -2.74. The van der Waals surface area contributed by atoms with Gasteiger partial charge in [0.25, 0.3) is 5.91 Å². The number of nitrogens with zero attached hydrogens (tertiary/aromatic N) is 3. The second kappa shape index (κ2) is 18.1. The maximum atomic E-state index is 14.3. The molecule has 0 aromatic heterocycles. The van der Waals surface area contributed by atoms with Crippen LogP contribution in [0.15, 0.2) is 47.4 Å². The lowest BCUT2D eigenvalue weighted by molar-refractivity contribution is -0.116. The largest absolute Gasteiger partial charge is 0.490 e. The minimum atomic E-state index is -3.84. The molecule has 1 heterocycles. The number of fused-ring (bicyclic) bond motifs is 1. The van der Waals surface area contributed by atoms with E-state index in [1.165, 1.54) is 35.6 Å². The van der Waals surface area contributed by atoms with Gasteiger partial charge in [-0.1, -0.05) is 18.5 Å². The van der Waals surface area contributed by atoms with Crippen molar-refractivity contribution in [3.8, 4) is 5.75 Å².